The molecule has 1 aliphatic rings. The Labute approximate surface area is 181 Å². The Balaban J connectivity index is 1.30. The van der Waals surface area contributed by atoms with Gasteiger partial charge in [0.1, 0.15) is 11.6 Å². The van der Waals surface area contributed by atoms with Gasteiger partial charge in [-0.2, -0.15) is 0 Å². The van der Waals surface area contributed by atoms with E-state index < -0.39 is 0 Å². The standard InChI is InChI=1S/C24H25FN4O2/c1-2-18-5-3-4-6-22(18)31-17-24(30)29-15-13-28(14-16-29)23-12-11-21(26-27-23)19-7-9-20(25)10-8-19/h3-12H,2,13-17H2,1H3. The lowest BCUT2D eigenvalue weighted by Gasteiger charge is -2.35. The van der Waals surface area contributed by atoms with Crippen LogP contribution in [0, 0.1) is 5.82 Å². The first-order valence-electron chi connectivity index (χ1n) is 10.5. The van der Waals surface area contributed by atoms with Crippen LogP contribution >= 0.6 is 0 Å². The first-order chi connectivity index (χ1) is 15.1. The fourth-order valence-corrected chi connectivity index (χ4v) is 3.62. The number of hydrogen-bond donors (Lipinski definition) is 0. The predicted octanol–water partition coefficient (Wildman–Crippen LogP) is 3.57. The lowest BCUT2D eigenvalue weighted by Crippen LogP contribution is -2.50. The van der Waals surface area contributed by atoms with Gasteiger partial charge >= 0.3 is 0 Å². The molecular weight excluding hydrogens is 395 g/mol. The number of aromatic nitrogens is 2. The van der Waals surface area contributed by atoms with E-state index in [9.17, 15) is 9.18 Å². The normalized spacial score (nSPS) is 13.9. The monoisotopic (exact) mass is 420 g/mol. The van der Waals surface area contributed by atoms with Crippen molar-refractivity contribution in [2.45, 2.75) is 13.3 Å². The van der Waals surface area contributed by atoms with Crippen LogP contribution in [0.4, 0.5) is 10.2 Å². The van der Waals surface area contributed by atoms with Crippen molar-refractivity contribution in [2.24, 2.45) is 0 Å². The van der Waals surface area contributed by atoms with Crippen LogP contribution in [-0.2, 0) is 11.2 Å². The van der Waals surface area contributed by atoms with Gasteiger partial charge in [-0.3, -0.25) is 4.79 Å². The molecule has 1 aromatic heterocycles. The Morgan fingerprint density at radius 2 is 1.71 bits per heavy atom. The van der Waals surface area contributed by atoms with E-state index in [-0.39, 0.29) is 18.3 Å². The average molecular weight is 420 g/mol. The molecule has 3 aromatic rings. The minimum atomic E-state index is -0.277. The molecule has 2 heterocycles. The molecular formula is C24H25FN4O2. The van der Waals surface area contributed by atoms with E-state index in [2.05, 4.69) is 22.0 Å². The van der Waals surface area contributed by atoms with E-state index in [1.165, 1.54) is 12.1 Å². The molecule has 4 rings (SSSR count). The Bertz CT molecular complexity index is 1020. The maximum absolute atomic E-state index is 13.1. The molecule has 0 aliphatic carbocycles. The summed E-state index contributed by atoms with van der Waals surface area (Å²) in [6.07, 6.45) is 0.865. The molecule has 31 heavy (non-hydrogen) atoms. The van der Waals surface area contributed by atoms with Crippen LogP contribution < -0.4 is 9.64 Å². The number of aryl methyl sites for hydroxylation is 1. The van der Waals surface area contributed by atoms with Crippen molar-refractivity contribution >= 4 is 11.7 Å². The maximum atomic E-state index is 13.1. The highest BCUT2D eigenvalue weighted by Crippen LogP contribution is 2.21. The number of ether oxygens (including phenoxy) is 1. The number of piperazine rings is 1. The third-order valence-corrected chi connectivity index (χ3v) is 5.45. The number of benzene rings is 2. The summed E-state index contributed by atoms with van der Waals surface area (Å²) in [6, 6.07) is 17.8. The second kappa shape index (κ2) is 9.55. The van der Waals surface area contributed by atoms with Crippen LogP contribution in [0.5, 0.6) is 5.75 Å². The lowest BCUT2D eigenvalue weighted by molar-refractivity contribution is -0.133. The molecule has 0 atom stereocenters. The molecule has 0 saturated carbocycles. The maximum Gasteiger partial charge on any atom is 0.260 e. The van der Waals surface area contributed by atoms with Gasteiger partial charge in [0.25, 0.3) is 5.91 Å². The molecule has 0 spiro atoms. The van der Waals surface area contributed by atoms with Gasteiger partial charge in [0.15, 0.2) is 12.4 Å². The highest BCUT2D eigenvalue weighted by molar-refractivity contribution is 5.78. The highest BCUT2D eigenvalue weighted by Gasteiger charge is 2.22. The number of para-hydroxylation sites is 1. The van der Waals surface area contributed by atoms with Gasteiger partial charge in [0.2, 0.25) is 0 Å². The third-order valence-electron chi connectivity index (χ3n) is 5.45. The second-order valence-electron chi connectivity index (χ2n) is 7.40. The fraction of sp³-hybridized carbons (Fsp3) is 0.292. The number of nitrogens with zero attached hydrogens (tertiary/aromatic N) is 4. The first-order valence-corrected chi connectivity index (χ1v) is 10.5. The van der Waals surface area contributed by atoms with Crippen LogP contribution in [0.25, 0.3) is 11.3 Å². The zero-order valence-corrected chi connectivity index (χ0v) is 17.5. The van der Waals surface area contributed by atoms with Crippen LogP contribution in [-0.4, -0.2) is 53.8 Å². The van der Waals surface area contributed by atoms with Crippen molar-refractivity contribution in [1.29, 1.82) is 0 Å². The van der Waals surface area contributed by atoms with E-state index in [4.69, 9.17) is 4.74 Å². The summed E-state index contributed by atoms with van der Waals surface area (Å²) >= 11 is 0. The number of anilines is 1. The molecule has 0 unspecified atom stereocenters. The number of hydrogen-bond acceptors (Lipinski definition) is 5. The summed E-state index contributed by atoms with van der Waals surface area (Å²) in [5, 5.41) is 8.59. The van der Waals surface area contributed by atoms with Gasteiger partial charge in [-0.25, -0.2) is 4.39 Å². The molecule has 0 bridgehead atoms. The van der Waals surface area contributed by atoms with Gasteiger partial charge in [0.05, 0.1) is 5.69 Å². The summed E-state index contributed by atoms with van der Waals surface area (Å²) in [4.78, 5) is 16.5. The first kappa shape index (κ1) is 20.8. The molecule has 1 aliphatic heterocycles. The predicted molar refractivity (Wildman–Crippen MR) is 118 cm³/mol. The average Bonchev–Trinajstić information content (AvgIpc) is 2.83. The third kappa shape index (κ3) is 4.99. The quantitative estimate of drug-likeness (QED) is 0.610. The summed E-state index contributed by atoms with van der Waals surface area (Å²) in [5.41, 5.74) is 2.62. The Kier molecular flexibility index (Phi) is 6.40. The summed E-state index contributed by atoms with van der Waals surface area (Å²) in [6.45, 7) is 4.70. The van der Waals surface area contributed by atoms with E-state index in [0.29, 0.717) is 31.9 Å². The molecule has 1 fully saturated rings. The fourth-order valence-electron chi connectivity index (χ4n) is 3.62. The molecule has 1 saturated heterocycles. The van der Waals surface area contributed by atoms with E-state index in [1.54, 1.807) is 12.1 Å². The Hall–Kier alpha value is -3.48. The molecule has 0 N–H and O–H groups in total. The van der Waals surface area contributed by atoms with Crippen molar-refractivity contribution in [2.75, 3.05) is 37.7 Å². The van der Waals surface area contributed by atoms with Crippen molar-refractivity contribution in [3.8, 4) is 17.0 Å². The van der Waals surface area contributed by atoms with Gasteiger partial charge in [-0.05, 0) is 54.4 Å². The molecule has 6 nitrogen and oxygen atoms in total. The van der Waals surface area contributed by atoms with Crippen LogP contribution in [0.2, 0.25) is 0 Å². The minimum absolute atomic E-state index is 0.0108. The van der Waals surface area contributed by atoms with Gasteiger partial charge < -0.3 is 14.5 Å². The van der Waals surface area contributed by atoms with Crippen molar-refractivity contribution < 1.29 is 13.9 Å². The molecule has 0 radical (unpaired) electrons. The molecule has 7 heteroatoms. The summed E-state index contributed by atoms with van der Waals surface area (Å²) in [5.74, 6) is 1.25. The molecule has 160 valence electrons. The topological polar surface area (TPSA) is 58.6 Å². The van der Waals surface area contributed by atoms with Crippen molar-refractivity contribution in [3.05, 3.63) is 72.0 Å². The largest absolute Gasteiger partial charge is 0.483 e. The Morgan fingerprint density at radius 1 is 0.968 bits per heavy atom. The van der Waals surface area contributed by atoms with Gasteiger partial charge in [0, 0.05) is 31.7 Å². The van der Waals surface area contributed by atoms with Gasteiger partial charge in [-0.15, -0.1) is 10.2 Å². The van der Waals surface area contributed by atoms with Crippen molar-refractivity contribution in [3.63, 3.8) is 0 Å². The zero-order chi connectivity index (χ0) is 21.6. The Morgan fingerprint density at radius 3 is 2.39 bits per heavy atom. The SMILES string of the molecule is CCc1ccccc1OCC(=O)N1CCN(c2ccc(-c3ccc(F)cc3)nn2)CC1. The van der Waals surface area contributed by atoms with E-state index >= 15 is 0 Å². The zero-order valence-electron chi connectivity index (χ0n) is 17.5. The van der Waals surface area contributed by atoms with E-state index in [0.717, 1.165) is 29.1 Å². The molecule has 2 aromatic carbocycles. The number of rotatable bonds is 6. The second-order valence-corrected chi connectivity index (χ2v) is 7.40. The summed E-state index contributed by atoms with van der Waals surface area (Å²) < 4.78 is 18.9. The summed E-state index contributed by atoms with van der Waals surface area (Å²) in [7, 11) is 0. The van der Waals surface area contributed by atoms with Crippen LogP contribution in [0.3, 0.4) is 0 Å². The van der Waals surface area contributed by atoms with Gasteiger partial charge in [-0.1, -0.05) is 25.1 Å². The number of amides is 1. The minimum Gasteiger partial charge on any atom is -0.483 e. The van der Waals surface area contributed by atoms with Crippen LogP contribution in [0.1, 0.15) is 12.5 Å². The molecule has 1 amide bonds. The van der Waals surface area contributed by atoms with Crippen LogP contribution in [0.15, 0.2) is 60.7 Å². The van der Waals surface area contributed by atoms with E-state index in [1.807, 2.05) is 41.3 Å². The number of carbonyl (C=O) groups excluding carboxylic acids is 1. The number of halogens is 1. The highest BCUT2D eigenvalue weighted by atomic mass is 19.1. The number of carbonyl (C=O) groups is 1. The lowest BCUT2D eigenvalue weighted by atomic mass is 10.1. The van der Waals surface area contributed by atoms with Crippen molar-refractivity contribution in [1.82, 2.24) is 15.1 Å². The smallest absolute Gasteiger partial charge is 0.260 e.